The van der Waals surface area contributed by atoms with Gasteiger partial charge in [0.15, 0.2) is 5.78 Å². The topological polar surface area (TPSA) is 86.1 Å². The van der Waals surface area contributed by atoms with E-state index in [1.54, 1.807) is 11.0 Å². The molecule has 7 nitrogen and oxygen atoms in total. The normalized spacial score (nSPS) is 22.7. The van der Waals surface area contributed by atoms with Gasteiger partial charge in [-0.25, -0.2) is 14.1 Å². The zero-order chi connectivity index (χ0) is 23.1. The molecule has 0 aliphatic heterocycles. The van der Waals surface area contributed by atoms with Crippen molar-refractivity contribution in [2.45, 2.75) is 37.8 Å². The summed E-state index contributed by atoms with van der Waals surface area (Å²) in [4.78, 5) is 29.0. The van der Waals surface area contributed by atoms with Gasteiger partial charge in [-0.1, -0.05) is 23.7 Å². The van der Waals surface area contributed by atoms with Gasteiger partial charge in [-0.3, -0.25) is 9.59 Å². The van der Waals surface area contributed by atoms with E-state index in [1.807, 2.05) is 24.3 Å². The second kappa shape index (κ2) is 8.26. The maximum absolute atomic E-state index is 13.5. The average Bonchev–Trinajstić information content (AvgIpc) is 3.25. The third kappa shape index (κ3) is 4.48. The lowest BCUT2D eigenvalue weighted by Gasteiger charge is -2.70. The van der Waals surface area contributed by atoms with Gasteiger partial charge in [0.2, 0.25) is 0 Å². The standard InChI is InChI=1S/C24H22ClFN4O3/c25-20-6-5-19(7-21(20)26)33-10-18(31)8-23-11-24(12-23,13-23)29-22(32)17-3-1-16(2-4-17)9-30-15-27-14-28-30/h1-7,14-15H,8-13H2,(H,29,32). The molecule has 3 aromatic rings. The van der Waals surface area contributed by atoms with Gasteiger partial charge in [-0.15, -0.1) is 0 Å². The highest BCUT2D eigenvalue weighted by Gasteiger charge is 2.68. The number of nitrogens with zero attached hydrogens (tertiary/aromatic N) is 3. The first kappa shape index (κ1) is 21.6. The van der Waals surface area contributed by atoms with Crippen LogP contribution >= 0.6 is 11.6 Å². The van der Waals surface area contributed by atoms with E-state index in [0.29, 0.717) is 18.5 Å². The van der Waals surface area contributed by atoms with E-state index in [2.05, 4.69) is 15.4 Å². The largest absolute Gasteiger partial charge is 0.486 e. The van der Waals surface area contributed by atoms with Gasteiger partial charge in [0.05, 0.1) is 11.6 Å². The van der Waals surface area contributed by atoms with Crippen LogP contribution in [0.1, 0.15) is 41.6 Å². The van der Waals surface area contributed by atoms with Crippen LogP contribution in [-0.2, 0) is 11.3 Å². The zero-order valence-corrected chi connectivity index (χ0v) is 18.5. The SMILES string of the molecule is O=C(COc1ccc(Cl)c(F)c1)CC12CC(NC(=O)c3ccc(Cn4cncn4)cc3)(C1)C2. The van der Waals surface area contributed by atoms with Crippen LogP contribution in [0, 0.1) is 11.2 Å². The summed E-state index contributed by atoms with van der Waals surface area (Å²) in [5, 5.41) is 7.23. The van der Waals surface area contributed by atoms with Crippen LogP contribution in [-0.4, -0.2) is 38.6 Å². The molecule has 2 bridgehead atoms. The van der Waals surface area contributed by atoms with E-state index in [0.717, 1.165) is 24.8 Å². The fourth-order valence-corrected chi connectivity index (χ4v) is 5.21. The second-order valence-corrected chi connectivity index (χ2v) is 9.54. The van der Waals surface area contributed by atoms with E-state index in [4.69, 9.17) is 16.3 Å². The minimum absolute atomic E-state index is 0.0117. The molecule has 3 aliphatic carbocycles. The number of rotatable bonds is 9. The van der Waals surface area contributed by atoms with Crippen LogP contribution in [0.25, 0.3) is 0 Å². The van der Waals surface area contributed by atoms with Crippen molar-refractivity contribution in [3.05, 3.63) is 77.1 Å². The molecule has 1 aromatic heterocycles. The predicted octanol–water partition coefficient (Wildman–Crippen LogP) is 3.81. The highest BCUT2D eigenvalue weighted by molar-refractivity contribution is 6.30. The molecule has 3 fully saturated rings. The molecule has 170 valence electrons. The number of carbonyl (C=O) groups excluding carboxylic acids is 2. The van der Waals surface area contributed by atoms with Crippen LogP contribution in [0.4, 0.5) is 4.39 Å². The highest BCUT2D eigenvalue weighted by atomic mass is 35.5. The number of aromatic nitrogens is 3. The molecule has 1 N–H and O–H groups in total. The molecule has 0 spiro atoms. The number of benzene rings is 2. The van der Waals surface area contributed by atoms with Crippen molar-refractivity contribution in [3.8, 4) is 5.75 Å². The van der Waals surface area contributed by atoms with E-state index >= 15 is 0 Å². The molecule has 0 unspecified atom stereocenters. The highest BCUT2D eigenvalue weighted by Crippen LogP contribution is 2.69. The fraction of sp³-hybridized carbons (Fsp3) is 0.333. The van der Waals surface area contributed by atoms with Crippen LogP contribution in [0.15, 0.2) is 55.1 Å². The third-order valence-electron chi connectivity index (χ3n) is 6.41. The maximum Gasteiger partial charge on any atom is 0.251 e. The van der Waals surface area contributed by atoms with Gasteiger partial charge in [0.25, 0.3) is 5.91 Å². The number of amides is 1. The Balaban J connectivity index is 1.07. The summed E-state index contributed by atoms with van der Waals surface area (Å²) in [7, 11) is 0. The van der Waals surface area contributed by atoms with Crippen molar-refractivity contribution in [3.63, 3.8) is 0 Å². The minimum Gasteiger partial charge on any atom is -0.486 e. The number of ketones is 1. The first-order chi connectivity index (χ1) is 15.8. The Kier molecular flexibility index (Phi) is 5.40. The first-order valence-electron chi connectivity index (χ1n) is 10.7. The Labute approximate surface area is 194 Å². The Bertz CT molecular complexity index is 1180. The zero-order valence-electron chi connectivity index (χ0n) is 17.8. The molecule has 0 atom stereocenters. The Hall–Kier alpha value is -3.26. The van der Waals surface area contributed by atoms with Gasteiger partial charge in [0.1, 0.15) is 30.8 Å². The molecule has 33 heavy (non-hydrogen) atoms. The Morgan fingerprint density at radius 1 is 1.15 bits per heavy atom. The van der Waals surface area contributed by atoms with Crippen LogP contribution in [0.3, 0.4) is 0 Å². The maximum atomic E-state index is 13.5. The number of hydrogen-bond donors (Lipinski definition) is 1. The van der Waals surface area contributed by atoms with Gasteiger partial charge in [0, 0.05) is 23.6 Å². The van der Waals surface area contributed by atoms with Crippen molar-refractivity contribution < 1.29 is 18.7 Å². The number of halogens is 2. The number of nitrogens with one attached hydrogen (secondary N) is 1. The summed E-state index contributed by atoms with van der Waals surface area (Å²) in [6, 6.07) is 11.5. The quantitative estimate of drug-likeness (QED) is 0.516. The van der Waals surface area contributed by atoms with Gasteiger partial charge < -0.3 is 10.1 Å². The van der Waals surface area contributed by atoms with Crippen molar-refractivity contribution in [2.24, 2.45) is 5.41 Å². The molecule has 6 rings (SSSR count). The fourth-order valence-electron chi connectivity index (χ4n) is 5.09. The second-order valence-electron chi connectivity index (χ2n) is 9.13. The average molecular weight is 469 g/mol. The summed E-state index contributed by atoms with van der Waals surface area (Å²) in [6.07, 6.45) is 5.90. The van der Waals surface area contributed by atoms with E-state index < -0.39 is 5.82 Å². The van der Waals surface area contributed by atoms with Crippen molar-refractivity contribution in [1.82, 2.24) is 20.1 Å². The number of hydrogen-bond acceptors (Lipinski definition) is 5. The molecule has 9 heteroatoms. The summed E-state index contributed by atoms with van der Waals surface area (Å²) < 4.78 is 20.6. The number of carbonyl (C=O) groups is 2. The third-order valence-corrected chi connectivity index (χ3v) is 6.72. The lowest BCUT2D eigenvalue weighted by Crippen LogP contribution is -2.75. The van der Waals surface area contributed by atoms with Crippen molar-refractivity contribution >= 4 is 23.3 Å². The molecule has 0 radical (unpaired) electrons. The lowest BCUT2D eigenvalue weighted by atomic mass is 9.38. The Morgan fingerprint density at radius 3 is 2.58 bits per heavy atom. The van der Waals surface area contributed by atoms with E-state index in [1.165, 1.54) is 24.5 Å². The molecule has 1 heterocycles. The first-order valence-corrected chi connectivity index (χ1v) is 11.1. The molecular weight excluding hydrogens is 447 g/mol. The van der Waals surface area contributed by atoms with Crippen LogP contribution in [0.2, 0.25) is 5.02 Å². The molecular formula is C24H22ClFN4O3. The van der Waals surface area contributed by atoms with E-state index in [-0.39, 0.29) is 40.0 Å². The summed E-state index contributed by atoms with van der Waals surface area (Å²) in [5.41, 5.74) is 1.37. The van der Waals surface area contributed by atoms with Gasteiger partial charge in [-0.05, 0) is 54.5 Å². The predicted molar refractivity (Wildman–Crippen MR) is 119 cm³/mol. The Morgan fingerprint density at radius 2 is 1.91 bits per heavy atom. The number of Topliss-reactive ketones (excluding diaryl/α,β-unsaturated/α-hetero) is 1. The lowest BCUT2D eigenvalue weighted by molar-refractivity contribution is -0.162. The van der Waals surface area contributed by atoms with Crippen LogP contribution in [0.5, 0.6) is 5.75 Å². The molecule has 2 aromatic carbocycles. The minimum atomic E-state index is -0.580. The van der Waals surface area contributed by atoms with Crippen LogP contribution < -0.4 is 10.1 Å². The van der Waals surface area contributed by atoms with Gasteiger partial charge >= 0.3 is 0 Å². The molecule has 1 amide bonds. The number of ether oxygens (including phenoxy) is 1. The van der Waals surface area contributed by atoms with Crippen molar-refractivity contribution in [2.75, 3.05) is 6.61 Å². The van der Waals surface area contributed by atoms with Gasteiger partial charge in [-0.2, -0.15) is 5.10 Å². The molecule has 0 saturated heterocycles. The summed E-state index contributed by atoms with van der Waals surface area (Å²) >= 11 is 5.65. The molecule has 3 saturated carbocycles. The summed E-state index contributed by atoms with van der Waals surface area (Å²) in [5.74, 6) is -0.439. The monoisotopic (exact) mass is 468 g/mol. The summed E-state index contributed by atoms with van der Waals surface area (Å²) in [6.45, 7) is 0.488. The molecule has 3 aliphatic rings. The van der Waals surface area contributed by atoms with Crippen molar-refractivity contribution in [1.29, 1.82) is 0 Å². The van der Waals surface area contributed by atoms with E-state index in [9.17, 15) is 14.0 Å². The smallest absolute Gasteiger partial charge is 0.251 e.